The second-order valence-corrected chi connectivity index (χ2v) is 0.854. The Labute approximate surface area is 29.6 Å². The van der Waals surface area contributed by atoms with Gasteiger partial charge in [0.05, 0.1) is 0 Å². The second kappa shape index (κ2) is 0.750. The van der Waals surface area contributed by atoms with Crippen LogP contribution in [0.5, 0.6) is 0 Å². The molecule has 22 valence electrons. The van der Waals surface area contributed by atoms with Crippen molar-refractivity contribution in [3.8, 4) is 0 Å². The average molecular weight is 56.1 g/mol. The molecule has 4 heavy (non-hydrogen) atoms. The van der Waals surface area contributed by atoms with Crippen molar-refractivity contribution in [3.63, 3.8) is 0 Å². The number of hydrogen-bond acceptors (Lipinski definition) is 0. The highest BCUT2D eigenvalue weighted by Gasteiger charge is 1.96. The summed E-state index contributed by atoms with van der Waals surface area (Å²) in [5, 5.41) is 0. The van der Waals surface area contributed by atoms with Crippen LogP contribution in [-0.4, -0.2) is 0 Å². The van der Waals surface area contributed by atoms with Crippen molar-refractivity contribution < 1.29 is 2.74 Å². The van der Waals surface area contributed by atoms with E-state index in [0.29, 0.717) is 12.8 Å². The summed E-state index contributed by atoms with van der Waals surface area (Å²) in [7, 11) is 0. The third-order valence-electron chi connectivity index (χ3n) is 0.500. The quantitative estimate of drug-likeness (QED) is 0.392. The average Bonchev–Trinajstić information content (AvgIpc) is 1.32. The molecule has 0 unspecified atom stereocenters. The summed E-state index contributed by atoms with van der Waals surface area (Å²) in [5.74, 6) is 0. The number of rotatable bonds is 0. The lowest BCUT2D eigenvalue weighted by Gasteiger charge is -2.04. The van der Waals surface area contributed by atoms with Crippen LogP contribution in [0.15, 0.2) is 0 Å². The highest BCUT2D eigenvalue weighted by molar-refractivity contribution is 4.74. The summed E-state index contributed by atoms with van der Waals surface area (Å²) in [5.41, 5.74) is 0. The lowest BCUT2D eigenvalue weighted by molar-refractivity contribution is 0.652. The summed E-state index contributed by atoms with van der Waals surface area (Å²) in [6.45, 7) is 0. The molecule has 0 atom stereocenters. The van der Waals surface area contributed by atoms with Crippen LogP contribution in [0.3, 0.4) is 0 Å². The minimum atomic E-state index is -0.889. The van der Waals surface area contributed by atoms with Gasteiger partial charge in [0.2, 0.25) is 0 Å². The maximum absolute atomic E-state index is 6.87. The van der Waals surface area contributed by atoms with Crippen LogP contribution >= 0.6 is 0 Å². The molecule has 1 fully saturated rings. The molecule has 1 aliphatic carbocycles. The fourth-order valence-electron chi connectivity index (χ4n) is 0.125. The van der Waals surface area contributed by atoms with Crippen LogP contribution in [-0.2, 0) is 0 Å². The van der Waals surface area contributed by atoms with Gasteiger partial charge in [0.25, 0.3) is 0 Å². The molecular weight excluding hydrogens is 48.0 g/mol. The van der Waals surface area contributed by atoms with Gasteiger partial charge >= 0.3 is 0 Å². The Balaban J connectivity index is 2.31. The predicted molar refractivity (Wildman–Crippen MR) is 17.1 cm³/mol. The molecule has 0 aromatic heterocycles. The molecule has 1 rings (SSSR count). The van der Waals surface area contributed by atoms with Crippen molar-refractivity contribution in [3.05, 3.63) is 6.42 Å². The molecule has 1 aliphatic rings. The molecule has 2 radical (unpaired) electrons. The SMILES string of the molecule is [2H]C1([2H])C[C]C1. The van der Waals surface area contributed by atoms with E-state index in [1.807, 2.05) is 0 Å². The molecule has 0 heteroatoms. The third-order valence-corrected chi connectivity index (χ3v) is 0.500. The van der Waals surface area contributed by atoms with Crippen LogP contribution in [0.25, 0.3) is 0 Å². The zero-order chi connectivity index (χ0) is 4.62. The zero-order valence-corrected chi connectivity index (χ0v) is 2.41. The summed E-state index contributed by atoms with van der Waals surface area (Å²) in [4.78, 5) is 0. The molecule has 0 amide bonds. The molecule has 0 spiro atoms. The summed E-state index contributed by atoms with van der Waals surface area (Å²) in [6, 6.07) is 0. The van der Waals surface area contributed by atoms with Gasteiger partial charge in [-0.25, -0.2) is 0 Å². The smallest absolute Gasteiger partial charge is 0.0267 e. The van der Waals surface area contributed by atoms with Crippen LogP contribution in [0.4, 0.5) is 0 Å². The van der Waals surface area contributed by atoms with Gasteiger partial charge in [0, 0.05) is 2.74 Å². The van der Waals surface area contributed by atoms with Crippen LogP contribution < -0.4 is 0 Å². The fourth-order valence-corrected chi connectivity index (χ4v) is 0.125. The maximum Gasteiger partial charge on any atom is 0.0267 e. The third kappa shape index (κ3) is 0.125. The first kappa shape index (κ1) is 1.00. The lowest BCUT2D eigenvalue weighted by Crippen LogP contribution is -1.87. The largest absolute Gasteiger partial charge is 0.0522 e. The fraction of sp³-hybridized carbons (Fsp3) is 0.750. The van der Waals surface area contributed by atoms with Gasteiger partial charge in [-0.3, -0.25) is 0 Å². The highest BCUT2D eigenvalue weighted by atomic mass is 14.0. The van der Waals surface area contributed by atoms with Crippen LogP contribution in [0, 0.1) is 6.42 Å². The first-order chi connectivity index (χ1) is 2.71. The van der Waals surface area contributed by atoms with E-state index in [-0.39, 0.29) is 0 Å². The molecule has 0 saturated heterocycles. The predicted octanol–water partition coefficient (Wildman–Crippen LogP) is 1.25. The van der Waals surface area contributed by atoms with E-state index >= 15 is 0 Å². The van der Waals surface area contributed by atoms with Gasteiger partial charge < -0.3 is 0 Å². The highest BCUT2D eigenvalue weighted by Crippen LogP contribution is 2.13. The van der Waals surface area contributed by atoms with E-state index in [1.54, 1.807) is 0 Å². The Morgan fingerprint density at radius 1 is 1.75 bits per heavy atom. The van der Waals surface area contributed by atoms with Crippen molar-refractivity contribution >= 4 is 0 Å². The monoisotopic (exact) mass is 56.1 g/mol. The maximum atomic E-state index is 6.87. The number of hydrogen-bond donors (Lipinski definition) is 0. The Bertz CT molecular complexity index is 52.6. The lowest BCUT2D eigenvalue weighted by atomic mass is 10.0. The standard InChI is InChI=1S/C4H6/c1-2-4-3-1/h1-3H2/i1D2. The minimum Gasteiger partial charge on any atom is -0.0522 e. The first-order valence-corrected chi connectivity index (χ1v) is 1.41. The Kier molecular flexibility index (Phi) is 0.188. The van der Waals surface area contributed by atoms with Gasteiger partial charge in [-0.2, -0.15) is 0 Å². The van der Waals surface area contributed by atoms with E-state index in [1.165, 1.54) is 0 Å². The molecule has 0 N–H and O–H groups in total. The second-order valence-electron chi connectivity index (χ2n) is 0.854. The van der Waals surface area contributed by atoms with Gasteiger partial charge in [-0.1, -0.05) is 6.37 Å². The topological polar surface area (TPSA) is 0 Å². The van der Waals surface area contributed by atoms with E-state index in [4.69, 9.17) is 2.74 Å². The van der Waals surface area contributed by atoms with Crippen molar-refractivity contribution in [2.45, 2.75) is 19.2 Å². The summed E-state index contributed by atoms with van der Waals surface area (Å²) >= 11 is 0. The van der Waals surface area contributed by atoms with Crippen molar-refractivity contribution in [1.82, 2.24) is 0 Å². The van der Waals surface area contributed by atoms with Gasteiger partial charge in [-0.05, 0) is 19.3 Å². The van der Waals surface area contributed by atoms with E-state index in [9.17, 15) is 0 Å². The molecule has 0 aliphatic heterocycles. The Morgan fingerprint density at radius 3 is 2.25 bits per heavy atom. The van der Waals surface area contributed by atoms with E-state index in [0.717, 1.165) is 0 Å². The molecule has 0 bridgehead atoms. The Morgan fingerprint density at radius 2 is 2.25 bits per heavy atom. The summed E-state index contributed by atoms with van der Waals surface area (Å²) < 4.78 is 13.7. The molecule has 0 aromatic carbocycles. The molecule has 0 nitrogen and oxygen atoms in total. The van der Waals surface area contributed by atoms with Crippen LogP contribution in [0.2, 0.25) is 0 Å². The van der Waals surface area contributed by atoms with Crippen molar-refractivity contribution in [2.24, 2.45) is 0 Å². The molecule has 1 saturated carbocycles. The molecule has 0 aromatic rings. The van der Waals surface area contributed by atoms with E-state index < -0.39 is 6.37 Å². The van der Waals surface area contributed by atoms with Gasteiger partial charge in [-0.15, -0.1) is 0 Å². The van der Waals surface area contributed by atoms with Gasteiger partial charge in [0.15, 0.2) is 0 Å². The normalized spacial score (nSPS) is 44.0. The summed E-state index contributed by atoms with van der Waals surface area (Å²) in [6.07, 6.45) is 3.01. The van der Waals surface area contributed by atoms with Crippen LogP contribution in [0.1, 0.15) is 22.0 Å². The zero-order valence-electron chi connectivity index (χ0n) is 4.41. The van der Waals surface area contributed by atoms with Crippen molar-refractivity contribution in [2.75, 3.05) is 0 Å². The Hall–Kier alpha value is 0. The molecule has 0 heterocycles. The van der Waals surface area contributed by atoms with E-state index in [2.05, 4.69) is 6.42 Å². The van der Waals surface area contributed by atoms with Crippen molar-refractivity contribution in [1.29, 1.82) is 0 Å². The molecular formula is C4H6. The van der Waals surface area contributed by atoms with Gasteiger partial charge in [0.1, 0.15) is 0 Å². The first-order valence-electron chi connectivity index (χ1n) is 2.41. The minimum absolute atomic E-state index is 0.535.